The summed E-state index contributed by atoms with van der Waals surface area (Å²) in [6.07, 6.45) is 2.09. The van der Waals surface area contributed by atoms with Gasteiger partial charge in [0.2, 0.25) is 5.91 Å². The zero-order valence-corrected chi connectivity index (χ0v) is 15.0. The molecule has 24 heavy (non-hydrogen) atoms. The van der Waals surface area contributed by atoms with Crippen LogP contribution in [0.2, 0.25) is 0 Å². The van der Waals surface area contributed by atoms with Crippen LogP contribution in [0.3, 0.4) is 0 Å². The number of nitrogens with one attached hydrogen (secondary N) is 2. The van der Waals surface area contributed by atoms with Gasteiger partial charge in [0.1, 0.15) is 0 Å². The lowest BCUT2D eigenvalue weighted by Gasteiger charge is -2.28. The molecule has 1 saturated carbocycles. The summed E-state index contributed by atoms with van der Waals surface area (Å²) in [6.45, 7) is 7.88. The molecule has 1 aliphatic rings. The van der Waals surface area contributed by atoms with Gasteiger partial charge in [-0.2, -0.15) is 0 Å². The number of hydrogen-bond acceptors (Lipinski definition) is 3. The second-order valence-electron chi connectivity index (χ2n) is 7.93. The van der Waals surface area contributed by atoms with Gasteiger partial charge in [0.15, 0.2) is 0 Å². The number of benzene rings is 1. The predicted molar refractivity (Wildman–Crippen MR) is 93.4 cm³/mol. The molecular weight excluding hydrogens is 304 g/mol. The Morgan fingerprint density at radius 1 is 1.12 bits per heavy atom. The second-order valence-corrected chi connectivity index (χ2v) is 7.93. The molecule has 0 spiro atoms. The van der Waals surface area contributed by atoms with Gasteiger partial charge in [-0.05, 0) is 43.4 Å². The third-order valence-corrected chi connectivity index (χ3v) is 4.56. The van der Waals surface area contributed by atoms with E-state index in [-0.39, 0.29) is 18.4 Å². The molecule has 0 heterocycles. The lowest BCUT2D eigenvalue weighted by molar-refractivity contribution is -0.128. The van der Waals surface area contributed by atoms with E-state index in [1.807, 2.05) is 39.8 Å². The number of aliphatic hydroxyl groups excluding tert-OH is 1. The molecule has 0 saturated heterocycles. The minimum Gasteiger partial charge on any atom is -0.394 e. The number of carbonyl (C=O) groups is 2. The normalized spacial score (nSPS) is 17.0. The molecule has 3 N–H and O–H groups in total. The molecule has 1 aromatic rings. The van der Waals surface area contributed by atoms with Gasteiger partial charge in [0.05, 0.1) is 12.1 Å². The fraction of sp³-hybridized carbons (Fsp3) is 0.579. The topological polar surface area (TPSA) is 78.4 Å². The van der Waals surface area contributed by atoms with Crippen LogP contribution in [0.1, 0.15) is 56.5 Å². The molecule has 0 radical (unpaired) electrons. The minimum absolute atomic E-state index is 0.00698. The van der Waals surface area contributed by atoms with Crippen LogP contribution >= 0.6 is 0 Å². The summed E-state index contributed by atoms with van der Waals surface area (Å²) < 4.78 is 0. The Hall–Kier alpha value is -1.88. The van der Waals surface area contributed by atoms with Crippen molar-refractivity contribution in [2.24, 2.45) is 11.3 Å². The highest BCUT2D eigenvalue weighted by molar-refractivity contribution is 5.94. The van der Waals surface area contributed by atoms with Gasteiger partial charge in [-0.3, -0.25) is 9.59 Å². The van der Waals surface area contributed by atoms with Crippen molar-refractivity contribution in [2.75, 3.05) is 6.61 Å². The first kappa shape index (κ1) is 18.5. The van der Waals surface area contributed by atoms with Gasteiger partial charge in [0, 0.05) is 17.5 Å². The van der Waals surface area contributed by atoms with Crippen LogP contribution in [0.4, 0.5) is 0 Å². The maximum Gasteiger partial charge on any atom is 0.251 e. The SMILES string of the molecule is CC(C)(C)C(=O)NCc1ccc(C(=O)NC(C)(CO)C2CC2)cc1. The zero-order valence-electron chi connectivity index (χ0n) is 15.0. The van der Waals surface area contributed by atoms with Crippen molar-refractivity contribution in [2.45, 2.75) is 52.6 Å². The maximum atomic E-state index is 12.4. The lowest BCUT2D eigenvalue weighted by Crippen LogP contribution is -2.50. The van der Waals surface area contributed by atoms with Crippen molar-refractivity contribution in [1.29, 1.82) is 0 Å². The van der Waals surface area contributed by atoms with E-state index in [1.54, 1.807) is 12.1 Å². The number of hydrogen-bond donors (Lipinski definition) is 3. The van der Waals surface area contributed by atoms with Crippen LogP contribution in [-0.4, -0.2) is 29.1 Å². The van der Waals surface area contributed by atoms with Crippen LogP contribution in [-0.2, 0) is 11.3 Å². The smallest absolute Gasteiger partial charge is 0.251 e. The van der Waals surface area contributed by atoms with E-state index in [1.165, 1.54) is 0 Å². The highest BCUT2D eigenvalue weighted by Gasteiger charge is 2.42. The van der Waals surface area contributed by atoms with Crippen LogP contribution < -0.4 is 10.6 Å². The average Bonchev–Trinajstić information content (AvgIpc) is 3.37. The van der Waals surface area contributed by atoms with E-state index in [4.69, 9.17) is 0 Å². The molecule has 132 valence electrons. The first-order chi connectivity index (χ1) is 11.2. The largest absolute Gasteiger partial charge is 0.394 e. The first-order valence-corrected chi connectivity index (χ1v) is 8.46. The monoisotopic (exact) mass is 332 g/mol. The third-order valence-electron chi connectivity index (χ3n) is 4.56. The molecule has 1 aromatic carbocycles. The number of amides is 2. The van der Waals surface area contributed by atoms with Crippen LogP contribution in [0.25, 0.3) is 0 Å². The van der Waals surface area contributed by atoms with Crippen LogP contribution in [0, 0.1) is 11.3 Å². The van der Waals surface area contributed by atoms with Gasteiger partial charge in [-0.1, -0.05) is 32.9 Å². The highest BCUT2D eigenvalue weighted by atomic mass is 16.3. The van der Waals surface area contributed by atoms with Crippen molar-refractivity contribution < 1.29 is 14.7 Å². The summed E-state index contributed by atoms with van der Waals surface area (Å²) in [7, 11) is 0. The summed E-state index contributed by atoms with van der Waals surface area (Å²) in [6, 6.07) is 7.17. The molecule has 0 aliphatic heterocycles. The molecule has 5 nitrogen and oxygen atoms in total. The highest BCUT2D eigenvalue weighted by Crippen LogP contribution is 2.39. The predicted octanol–water partition coefficient (Wildman–Crippen LogP) is 2.24. The van der Waals surface area contributed by atoms with Gasteiger partial charge in [0.25, 0.3) is 5.91 Å². The lowest BCUT2D eigenvalue weighted by atomic mass is 9.95. The number of carbonyl (C=O) groups excluding carboxylic acids is 2. The molecule has 1 unspecified atom stereocenters. The molecule has 0 aromatic heterocycles. The van der Waals surface area contributed by atoms with E-state index in [9.17, 15) is 14.7 Å². The standard InChI is InChI=1S/C19H28N2O3/c1-18(2,3)17(24)20-11-13-5-7-14(8-6-13)16(23)21-19(4,12-22)15-9-10-15/h5-8,15,22H,9-12H2,1-4H3,(H,20,24)(H,21,23). The van der Waals surface area contributed by atoms with E-state index in [0.717, 1.165) is 18.4 Å². The van der Waals surface area contributed by atoms with Crippen molar-refractivity contribution in [1.82, 2.24) is 10.6 Å². The fourth-order valence-corrected chi connectivity index (χ4v) is 2.54. The van der Waals surface area contributed by atoms with Gasteiger partial charge < -0.3 is 15.7 Å². The maximum absolute atomic E-state index is 12.4. The van der Waals surface area contributed by atoms with Gasteiger partial charge in [-0.25, -0.2) is 0 Å². The van der Waals surface area contributed by atoms with Gasteiger partial charge >= 0.3 is 0 Å². The van der Waals surface area contributed by atoms with E-state index < -0.39 is 11.0 Å². The summed E-state index contributed by atoms with van der Waals surface area (Å²) in [4.78, 5) is 24.2. The number of aliphatic hydroxyl groups is 1. The zero-order chi connectivity index (χ0) is 18.0. The van der Waals surface area contributed by atoms with E-state index in [0.29, 0.717) is 18.0 Å². The Kier molecular flexibility index (Phi) is 5.33. The first-order valence-electron chi connectivity index (χ1n) is 8.46. The molecule has 0 bridgehead atoms. The average molecular weight is 332 g/mol. The summed E-state index contributed by atoms with van der Waals surface area (Å²) >= 11 is 0. The summed E-state index contributed by atoms with van der Waals surface area (Å²) in [5, 5.41) is 15.4. The van der Waals surface area contributed by atoms with Crippen LogP contribution in [0.15, 0.2) is 24.3 Å². The quantitative estimate of drug-likeness (QED) is 0.747. The van der Waals surface area contributed by atoms with Crippen molar-refractivity contribution >= 4 is 11.8 Å². The Bertz CT molecular complexity index is 600. The van der Waals surface area contributed by atoms with Crippen molar-refractivity contribution in [3.8, 4) is 0 Å². The molecule has 2 amide bonds. The van der Waals surface area contributed by atoms with Crippen LogP contribution in [0.5, 0.6) is 0 Å². The van der Waals surface area contributed by atoms with E-state index >= 15 is 0 Å². The Morgan fingerprint density at radius 2 is 1.71 bits per heavy atom. The van der Waals surface area contributed by atoms with Crippen molar-refractivity contribution in [3.05, 3.63) is 35.4 Å². The van der Waals surface area contributed by atoms with E-state index in [2.05, 4.69) is 10.6 Å². The Labute approximate surface area is 143 Å². The van der Waals surface area contributed by atoms with Gasteiger partial charge in [-0.15, -0.1) is 0 Å². The molecule has 1 fully saturated rings. The molecular formula is C19H28N2O3. The Balaban J connectivity index is 1.94. The molecule has 5 heteroatoms. The molecule has 1 aliphatic carbocycles. The van der Waals surface area contributed by atoms with Crippen molar-refractivity contribution in [3.63, 3.8) is 0 Å². The summed E-state index contributed by atoms with van der Waals surface area (Å²) in [5.74, 6) is 0.175. The molecule has 2 rings (SSSR count). The number of rotatable bonds is 6. The third kappa shape index (κ3) is 4.57. The molecule has 1 atom stereocenters. The fourth-order valence-electron chi connectivity index (χ4n) is 2.54. The minimum atomic E-state index is -0.545. The second kappa shape index (κ2) is 6.93. The summed E-state index contributed by atoms with van der Waals surface area (Å²) in [5.41, 5.74) is 0.533. The Morgan fingerprint density at radius 3 is 2.17 bits per heavy atom.